The summed E-state index contributed by atoms with van der Waals surface area (Å²) < 4.78 is 2.38. The molecule has 2 aromatic heterocycles. The monoisotopic (exact) mass is 825 g/mol. The van der Waals surface area contributed by atoms with Gasteiger partial charge in [-0.1, -0.05) is 206 Å². The molecule has 0 N–H and O–H groups in total. The number of nitrogens with zero attached hydrogens (tertiary/aromatic N) is 3. The van der Waals surface area contributed by atoms with E-state index in [1.54, 1.807) is 0 Å². The fourth-order valence-corrected chi connectivity index (χ4v) is 10.2. The number of para-hydroxylation sites is 3. The Morgan fingerprint density at radius 3 is 1.55 bits per heavy atom. The predicted molar refractivity (Wildman–Crippen MR) is 274 cm³/mol. The molecule has 13 rings (SSSR count). The fourth-order valence-electron chi connectivity index (χ4n) is 10.2. The molecule has 302 valence electrons. The zero-order valence-electron chi connectivity index (χ0n) is 35.4. The van der Waals surface area contributed by atoms with Crippen LogP contribution in [0.15, 0.2) is 237 Å². The molecule has 0 atom stereocenters. The molecule has 13 aromatic rings. The summed E-state index contributed by atoms with van der Waals surface area (Å²) in [5.74, 6) is 0.688. The third kappa shape index (κ3) is 6.05. The smallest absolute Gasteiger partial charge is 0.160 e. The van der Waals surface area contributed by atoms with Gasteiger partial charge in [-0.25, -0.2) is 9.97 Å². The highest BCUT2D eigenvalue weighted by Crippen LogP contribution is 2.43. The van der Waals surface area contributed by atoms with E-state index in [1.165, 1.54) is 70.7 Å². The van der Waals surface area contributed by atoms with Crippen molar-refractivity contribution in [2.45, 2.75) is 0 Å². The van der Waals surface area contributed by atoms with Crippen LogP contribution in [-0.4, -0.2) is 14.5 Å². The van der Waals surface area contributed by atoms with Gasteiger partial charge in [-0.15, -0.1) is 0 Å². The molecule has 0 radical (unpaired) electrons. The minimum atomic E-state index is 0.688. The van der Waals surface area contributed by atoms with Crippen LogP contribution in [-0.2, 0) is 0 Å². The van der Waals surface area contributed by atoms with Gasteiger partial charge in [0.15, 0.2) is 5.82 Å². The van der Waals surface area contributed by atoms with E-state index in [2.05, 4.69) is 235 Å². The highest BCUT2D eigenvalue weighted by Gasteiger charge is 2.20. The van der Waals surface area contributed by atoms with E-state index in [4.69, 9.17) is 9.97 Å². The average Bonchev–Trinajstić information content (AvgIpc) is 3.72. The largest absolute Gasteiger partial charge is 0.309 e. The van der Waals surface area contributed by atoms with Gasteiger partial charge in [0, 0.05) is 27.5 Å². The van der Waals surface area contributed by atoms with Crippen molar-refractivity contribution in [2.24, 2.45) is 0 Å². The lowest BCUT2D eigenvalue weighted by molar-refractivity contribution is 1.15. The van der Waals surface area contributed by atoms with Gasteiger partial charge in [-0.05, 0) is 95.7 Å². The van der Waals surface area contributed by atoms with Crippen molar-refractivity contribution in [3.05, 3.63) is 237 Å². The van der Waals surface area contributed by atoms with Crippen LogP contribution < -0.4 is 0 Å². The van der Waals surface area contributed by atoms with Crippen molar-refractivity contribution >= 4 is 64.9 Å². The van der Waals surface area contributed by atoms with Crippen LogP contribution in [0.5, 0.6) is 0 Å². The topological polar surface area (TPSA) is 30.7 Å². The fraction of sp³-hybridized carbons (Fsp3) is 0. The van der Waals surface area contributed by atoms with Gasteiger partial charge in [-0.3, -0.25) is 0 Å². The van der Waals surface area contributed by atoms with Crippen LogP contribution in [0.1, 0.15) is 0 Å². The Labute approximate surface area is 376 Å². The minimum Gasteiger partial charge on any atom is -0.309 e. The van der Waals surface area contributed by atoms with Crippen molar-refractivity contribution in [1.82, 2.24) is 14.5 Å². The van der Waals surface area contributed by atoms with Gasteiger partial charge < -0.3 is 4.57 Å². The number of rotatable bonds is 6. The molecule has 0 aliphatic heterocycles. The molecule has 0 saturated heterocycles. The normalized spacial score (nSPS) is 11.7. The third-order valence-electron chi connectivity index (χ3n) is 13.2. The van der Waals surface area contributed by atoms with Crippen LogP contribution in [0.3, 0.4) is 0 Å². The molecule has 0 fully saturated rings. The van der Waals surface area contributed by atoms with Crippen molar-refractivity contribution in [1.29, 1.82) is 0 Å². The average molecular weight is 826 g/mol. The number of aromatic nitrogens is 3. The van der Waals surface area contributed by atoms with Gasteiger partial charge in [0.1, 0.15) is 0 Å². The summed E-state index contributed by atoms with van der Waals surface area (Å²) in [5.41, 5.74) is 13.0. The lowest BCUT2D eigenvalue weighted by Gasteiger charge is -2.17. The van der Waals surface area contributed by atoms with Crippen LogP contribution in [0.25, 0.3) is 127 Å². The van der Waals surface area contributed by atoms with Crippen molar-refractivity contribution in [3.63, 3.8) is 0 Å². The molecular weight excluding hydrogens is 787 g/mol. The van der Waals surface area contributed by atoms with Gasteiger partial charge >= 0.3 is 0 Å². The molecule has 0 aliphatic rings. The van der Waals surface area contributed by atoms with E-state index < -0.39 is 0 Å². The molecule has 0 spiro atoms. The van der Waals surface area contributed by atoms with E-state index in [1.807, 2.05) is 6.07 Å². The number of benzene rings is 11. The highest BCUT2D eigenvalue weighted by atomic mass is 15.0. The molecule has 0 bridgehead atoms. The Bertz CT molecular complexity index is 3940. The Kier molecular flexibility index (Phi) is 8.53. The van der Waals surface area contributed by atoms with E-state index in [9.17, 15) is 0 Å². The first-order valence-corrected chi connectivity index (χ1v) is 22.2. The summed E-state index contributed by atoms with van der Waals surface area (Å²) in [5, 5.41) is 12.3. The molecular formula is C62H39N3. The standard InChI is InChI=1S/C62H39N3/c1-2-17-43(18-3-1)62-63-56(39-57(64-62)54-26-12-15-29-60(54)65-58-27-13-10-24-51(58)52-25-11-14-28-59(52)65)50-37-36-46(48-22-8-9-23-49(48)50)41-30-32-42(33-31-41)61-47-21-7-5-19-44(47)38-55-45-20-6-4-16-40(45)34-35-53(55)61/h1-39H. The molecule has 0 saturated carbocycles. The van der Waals surface area contributed by atoms with Crippen LogP contribution in [0.4, 0.5) is 0 Å². The summed E-state index contributed by atoms with van der Waals surface area (Å²) in [4.78, 5) is 10.7. The lowest BCUT2D eigenvalue weighted by atomic mass is 9.88. The van der Waals surface area contributed by atoms with Crippen molar-refractivity contribution in [2.75, 3.05) is 0 Å². The zero-order chi connectivity index (χ0) is 42.8. The van der Waals surface area contributed by atoms with Crippen molar-refractivity contribution < 1.29 is 0 Å². The highest BCUT2D eigenvalue weighted by molar-refractivity contribution is 6.20. The first kappa shape index (κ1) is 36.9. The van der Waals surface area contributed by atoms with Gasteiger partial charge in [-0.2, -0.15) is 0 Å². The summed E-state index contributed by atoms with van der Waals surface area (Å²) >= 11 is 0. The van der Waals surface area contributed by atoms with Crippen LogP contribution in [0, 0.1) is 0 Å². The molecule has 0 unspecified atom stereocenters. The summed E-state index contributed by atoms with van der Waals surface area (Å²) in [6.07, 6.45) is 0. The second-order valence-corrected chi connectivity index (χ2v) is 16.9. The first-order valence-electron chi connectivity index (χ1n) is 22.2. The maximum Gasteiger partial charge on any atom is 0.160 e. The van der Waals surface area contributed by atoms with Gasteiger partial charge in [0.05, 0.1) is 28.1 Å². The van der Waals surface area contributed by atoms with Gasteiger partial charge in [0.2, 0.25) is 0 Å². The number of hydrogen-bond donors (Lipinski definition) is 0. The first-order chi connectivity index (χ1) is 32.2. The second-order valence-electron chi connectivity index (χ2n) is 16.9. The minimum absolute atomic E-state index is 0.688. The summed E-state index contributed by atoms with van der Waals surface area (Å²) in [7, 11) is 0. The molecule has 11 aromatic carbocycles. The maximum atomic E-state index is 5.34. The Hall–Kier alpha value is -8.66. The van der Waals surface area contributed by atoms with E-state index in [0.29, 0.717) is 5.82 Å². The quantitative estimate of drug-likeness (QED) is 0.123. The van der Waals surface area contributed by atoms with Gasteiger partial charge in [0.25, 0.3) is 0 Å². The molecule has 2 heterocycles. The molecule has 0 amide bonds. The Morgan fingerprint density at radius 1 is 0.277 bits per heavy atom. The van der Waals surface area contributed by atoms with Crippen LogP contribution >= 0.6 is 0 Å². The lowest BCUT2D eigenvalue weighted by Crippen LogP contribution is -2.01. The number of fused-ring (bicyclic) bond motifs is 8. The molecule has 3 nitrogen and oxygen atoms in total. The zero-order valence-corrected chi connectivity index (χ0v) is 35.4. The van der Waals surface area contributed by atoms with E-state index in [-0.39, 0.29) is 0 Å². The molecule has 3 heteroatoms. The Morgan fingerprint density at radius 2 is 0.815 bits per heavy atom. The SMILES string of the molecule is c1ccc(-c2nc(-c3ccccc3-n3c4ccccc4c4ccccc43)cc(-c3ccc(-c4ccc(-c5c6ccccc6cc6c5ccc5ccccc56)cc4)c4ccccc34)n2)cc1. The molecule has 65 heavy (non-hydrogen) atoms. The molecule has 0 aliphatic carbocycles. The third-order valence-corrected chi connectivity index (χ3v) is 13.2. The van der Waals surface area contributed by atoms with Crippen LogP contribution in [0.2, 0.25) is 0 Å². The van der Waals surface area contributed by atoms with E-state index >= 15 is 0 Å². The summed E-state index contributed by atoms with van der Waals surface area (Å²) in [6, 6.07) is 85.2. The predicted octanol–water partition coefficient (Wildman–Crippen LogP) is 16.5. The maximum absolute atomic E-state index is 5.34. The van der Waals surface area contributed by atoms with E-state index in [0.717, 1.165) is 50.2 Å². The van der Waals surface area contributed by atoms with Crippen molar-refractivity contribution in [3.8, 4) is 61.8 Å². The number of hydrogen-bond acceptors (Lipinski definition) is 2. The summed E-state index contributed by atoms with van der Waals surface area (Å²) in [6.45, 7) is 0. The Balaban J connectivity index is 0.961. The second kappa shape index (κ2) is 15.0.